The summed E-state index contributed by atoms with van der Waals surface area (Å²) in [7, 11) is 0. The van der Waals surface area contributed by atoms with Gasteiger partial charge in [0.05, 0.1) is 5.92 Å². The molecule has 4 rings (SSSR count). The Morgan fingerprint density at radius 3 is 2.64 bits per heavy atom. The van der Waals surface area contributed by atoms with Crippen molar-refractivity contribution in [3.8, 4) is 0 Å². The highest BCUT2D eigenvalue weighted by Gasteiger charge is 2.57. The Hall–Kier alpha value is -1.69. The lowest BCUT2D eigenvalue weighted by molar-refractivity contribution is -0.123. The number of carbonyl (C=O) groups excluding carboxylic acids is 1. The summed E-state index contributed by atoms with van der Waals surface area (Å²) in [6, 6.07) is 1.85. The molecule has 0 bridgehead atoms. The summed E-state index contributed by atoms with van der Waals surface area (Å²) in [6.07, 6.45) is 6.80. The van der Waals surface area contributed by atoms with Gasteiger partial charge in [0.1, 0.15) is 0 Å². The van der Waals surface area contributed by atoms with Crippen molar-refractivity contribution in [2.24, 2.45) is 17.8 Å². The summed E-state index contributed by atoms with van der Waals surface area (Å²) < 4.78 is 0. The molecule has 3 fully saturated rings. The van der Waals surface area contributed by atoms with Crippen LogP contribution in [-0.2, 0) is 4.79 Å². The lowest BCUT2D eigenvalue weighted by Gasteiger charge is -2.42. The summed E-state index contributed by atoms with van der Waals surface area (Å²) in [5.74, 6) is 2.46. The first kappa shape index (κ1) is 16.8. The molecular formula is C19H29N5O. The van der Waals surface area contributed by atoms with Crippen LogP contribution >= 0.6 is 0 Å². The largest absolute Gasteiger partial charge is 0.350 e. The molecule has 136 valence electrons. The summed E-state index contributed by atoms with van der Waals surface area (Å²) in [6.45, 7) is 9.50. The Balaban J connectivity index is 1.42. The van der Waals surface area contributed by atoms with Gasteiger partial charge in [0.25, 0.3) is 0 Å². The topological polar surface area (TPSA) is 61.4 Å². The predicted octanol–water partition coefficient (Wildman–Crippen LogP) is 1.54. The molecule has 3 aliphatic heterocycles. The first-order valence-electron chi connectivity index (χ1n) is 9.64. The van der Waals surface area contributed by atoms with Crippen molar-refractivity contribution in [1.82, 2.24) is 20.2 Å². The van der Waals surface area contributed by atoms with E-state index in [9.17, 15) is 4.79 Å². The molecule has 0 saturated carbocycles. The average Bonchev–Trinajstić information content (AvgIpc) is 3.15. The van der Waals surface area contributed by atoms with Gasteiger partial charge < -0.3 is 15.1 Å². The first-order chi connectivity index (χ1) is 12.1. The summed E-state index contributed by atoms with van der Waals surface area (Å²) >= 11 is 0. The third kappa shape index (κ3) is 3.12. The van der Waals surface area contributed by atoms with Gasteiger partial charge in [-0.25, -0.2) is 9.97 Å². The van der Waals surface area contributed by atoms with E-state index in [0.29, 0.717) is 5.92 Å². The van der Waals surface area contributed by atoms with E-state index < -0.39 is 0 Å². The van der Waals surface area contributed by atoms with Crippen LogP contribution in [0, 0.1) is 17.8 Å². The molecule has 3 saturated heterocycles. The molecule has 1 aromatic heterocycles. The van der Waals surface area contributed by atoms with Gasteiger partial charge in [0.15, 0.2) is 0 Å². The van der Waals surface area contributed by atoms with Crippen LogP contribution in [0.1, 0.15) is 33.1 Å². The Kier molecular flexibility index (Phi) is 4.40. The zero-order valence-corrected chi connectivity index (χ0v) is 15.3. The van der Waals surface area contributed by atoms with Crippen LogP contribution < -0.4 is 10.2 Å². The normalized spacial score (nSPS) is 28.6. The molecule has 4 heterocycles. The Labute approximate surface area is 150 Å². The van der Waals surface area contributed by atoms with Crippen molar-refractivity contribution >= 4 is 11.9 Å². The average molecular weight is 343 g/mol. The van der Waals surface area contributed by atoms with E-state index in [1.165, 1.54) is 6.42 Å². The highest BCUT2D eigenvalue weighted by Crippen LogP contribution is 2.44. The van der Waals surface area contributed by atoms with Gasteiger partial charge in [-0.1, -0.05) is 13.8 Å². The SMILES string of the molecule is CC(C)CCN1C[C@@H]2C(=O)NC3(CCN(c4ncccn4)CC3)[C@H]2C1. The molecule has 2 atom stereocenters. The molecule has 0 aromatic carbocycles. The monoisotopic (exact) mass is 343 g/mol. The Bertz CT molecular complexity index is 612. The number of likely N-dealkylation sites (tertiary alicyclic amines) is 1. The molecule has 25 heavy (non-hydrogen) atoms. The number of carbonyl (C=O) groups is 1. The van der Waals surface area contributed by atoms with Gasteiger partial charge in [0, 0.05) is 50.0 Å². The minimum atomic E-state index is -0.0143. The maximum absolute atomic E-state index is 12.6. The second kappa shape index (κ2) is 6.56. The lowest BCUT2D eigenvalue weighted by Crippen LogP contribution is -2.55. The number of aromatic nitrogens is 2. The molecule has 6 heteroatoms. The predicted molar refractivity (Wildman–Crippen MR) is 97.2 cm³/mol. The standard InChI is InChI=1S/C19H29N5O/c1-14(2)4-9-23-12-15-16(13-23)19(22-17(15)25)5-10-24(11-6-19)18-20-7-3-8-21-18/h3,7-8,14-16H,4-6,9-13H2,1-2H3,(H,22,25)/t15-,16-/m0/s1. The highest BCUT2D eigenvalue weighted by molar-refractivity contribution is 5.83. The number of hydrogen-bond acceptors (Lipinski definition) is 5. The van der Waals surface area contributed by atoms with Crippen LogP contribution in [0.15, 0.2) is 18.5 Å². The fraction of sp³-hybridized carbons (Fsp3) is 0.737. The van der Waals surface area contributed by atoms with Crippen LogP contribution in [0.3, 0.4) is 0 Å². The summed E-state index contributed by atoms with van der Waals surface area (Å²) in [5.41, 5.74) is -0.0143. The van der Waals surface area contributed by atoms with Crippen LogP contribution in [0.5, 0.6) is 0 Å². The number of hydrogen-bond donors (Lipinski definition) is 1. The molecular weight excluding hydrogens is 314 g/mol. The molecule has 1 aromatic rings. The zero-order valence-electron chi connectivity index (χ0n) is 15.3. The molecule has 1 spiro atoms. The van der Waals surface area contributed by atoms with Crippen LogP contribution in [0.25, 0.3) is 0 Å². The van der Waals surface area contributed by atoms with Crippen LogP contribution in [-0.4, -0.2) is 59.0 Å². The van der Waals surface area contributed by atoms with E-state index >= 15 is 0 Å². The number of anilines is 1. The quantitative estimate of drug-likeness (QED) is 0.899. The molecule has 6 nitrogen and oxygen atoms in total. The first-order valence-corrected chi connectivity index (χ1v) is 9.64. The van der Waals surface area contributed by atoms with Gasteiger partial charge in [0.2, 0.25) is 11.9 Å². The minimum absolute atomic E-state index is 0.0143. The molecule has 0 radical (unpaired) electrons. The van der Waals surface area contributed by atoms with Crippen LogP contribution in [0.4, 0.5) is 5.95 Å². The van der Waals surface area contributed by atoms with E-state index in [1.54, 1.807) is 12.4 Å². The van der Waals surface area contributed by atoms with Crippen molar-refractivity contribution in [1.29, 1.82) is 0 Å². The molecule has 1 amide bonds. The van der Waals surface area contributed by atoms with Crippen molar-refractivity contribution in [3.05, 3.63) is 18.5 Å². The summed E-state index contributed by atoms with van der Waals surface area (Å²) in [5, 5.41) is 3.40. The molecule has 3 aliphatic rings. The summed E-state index contributed by atoms with van der Waals surface area (Å²) in [4.78, 5) is 26.1. The van der Waals surface area contributed by atoms with E-state index in [1.807, 2.05) is 6.07 Å². The van der Waals surface area contributed by atoms with Crippen molar-refractivity contribution < 1.29 is 4.79 Å². The maximum Gasteiger partial charge on any atom is 0.225 e. The van der Waals surface area contributed by atoms with E-state index in [4.69, 9.17) is 0 Å². The van der Waals surface area contributed by atoms with Crippen LogP contribution in [0.2, 0.25) is 0 Å². The van der Waals surface area contributed by atoms with Crippen molar-refractivity contribution in [2.45, 2.75) is 38.6 Å². The molecule has 1 N–H and O–H groups in total. The number of amides is 1. The van der Waals surface area contributed by atoms with Gasteiger partial charge in [-0.05, 0) is 37.8 Å². The van der Waals surface area contributed by atoms with Crippen molar-refractivity contribution in [3.63, 3.8) is 0 Å². The van der Waals surface area contributed by atoms with E-state index in [2.05, 4.69) is 38.9 Å². The fourth-order valence-corrected chi connectivity index (χ4v) is 4.82. The third-order valence-corrected chi connectivity index (χ3v) is 6.33. The highest BCUT2D eigenvalue weighted by atomic mass is 16.2. The number of nitrogens with one attached hydrogen (secondary N) is 1. The Morgan fingerprint density at radius 1 is 1.24 bits per heavy atom. The fourth-order valence-electron chi connectivity index (χ4n) is 4.82. The van der Waals surface area contributed by atoms with Gasteiger partial charge in [-0.3, -0.25) is 4.79 Å². The number of piperidine rings is 1. The van der Waals surface area contributed by atoms with Gasteiger partial charge in [-0.15, -0.1) is 0 Å². The van der Waals surface area contributed by atoms with E-state index in [-0.39, 0.29) is 17.4 Å². The lowest BCUT2D eigenvalue weighted by atomic mass is 9.75. The number of fused-ring (bicyclic) bond motifs is 2. The zero-order chi connectivity index (χ0) is 17.4. The third-order valence-electron chi connectivity index (χ3n) is 6.33. The van der Waals surface area contributed by atoms with Crippen molar-refractivity contribution in [2.75, 3.05) is 37.6 Å². The number of nitrogens with zero attached hydrogens (tertiary/aromatic N) is 4. The van der Waals surface area contributed by atoms with Gasteiger partial charge >= 0.3 is 0 Å². The second-order valence-electron chi connectivity index (χ2n) is 8.34. The Morgan fingerprint density at radius 2 is 1.96 bits per heavy atom. The van der Waals surface area contributed by atoms with E-state index in [0.717, 1.165) is 57.4 Å². The second-order valence-corrected chi connectivity index (χ2v) is 8.34. The smallest absolute Gasteiger partial charge is 0.225 e. The molecule has 0 aliphatic carbocycles. The van der Waals surface area contributed by atoms with Gasteiger partial charge in [-0.2, -0.15) is 0 Å². The number of rotatable bonds is 4. The molecule has 0 unspecified atom stereocenters. The maximum atomic E-state index is 12.6. The minimum Gasteiger partial charge on any atom is -0.350 e.